The van der Waals surface area contributed by atoms with Crippen molar-refractivity contribution in [1.29, 1.82) is 0 Å². The lowest BCUT2D eigenvalue weighted by Crippen LogP contribution is -2.82. The minimum absolute atomic E-state index is 0.389. The van der Waals surface area contributed by atoms with Gasteiger partial charge in [-0.3, -0.25) is 15.1 Å². The average molecular weight is 418 g/mol. The van der Waals surface area contributed by atoms with Crippen LogP contribution in [0, 0.1) is 0 Å². The van der Waals surface area contributed by atoms with Gasteiger partial charge in [-0.2, -0.15) is 0 Å². The van der Waals surface area contributed by atoms with Gasteiger partial charge in [0.05, 0.1) is 5.66 Å². The molecule has 1 fully saturated rings. The quantitative estimate of drug-likeness (QED) is 0.236. The zero-order valence-electron chi connectivity index (χ0n) is 19.0. The molecule has 1 atom stereocenters. The van der Waals surface area contributed by atoms with E-state index in [1.165, 1.54) is 45.4 Å². The van der Waals surface area contributed by atoms with Gasteiger partial charge in [0.25, 0.3) is 0 Å². The number of rotatable bonds is 12. The second-order valence-electron chi connectivity index (χ2n) is 8.47. The molecule has 4 N–H and O–H groups in total. The van der Waals surface area contributed by atoms with Crippen molar-refractivity contribution in [2.75, 3.05) is 6.54 Å². The van der Waals surface area contributed by atoms with Crippen molar-refractivity contribution >= 4 is 11.9 Å². The Morgan fingerprint density at radius 3 is 2.37 bits per heavy atom. The van der Waals surface area contributed by atoms with Crippen molar-refractivity contribution in [2.24, 2.45) is 4.99 Å². The van der Waals surface area contributed by atoms with Gasteiger partial charge in [-0.25, -0.2) is 10.6 Å². The summed E-state index contributed by atoms with van der Waals surface area (Å²) in [5.74, 6) is -1.01. The lowest BCUT2D eigenvalue weighted by Gasteiger charge is -2.47. The normalized spacial score (nSPS) is 21.7. The molecular weight excluding hydrogens is 378 g/mol. The maximum atomic E-state index is 11.9. The molecule has 1 saturated heterocycles. The van der Waals surface area contributed by atoms with Crippen LogP contribution in [0.3, 0.4) is 0 Å². The van der Waals surface area contributed by atoms with Crippen LogP contribution in [0.2, 0.25) is 0 Å². The molecule has 7 nitrogen and oxygen atoms in total. The van der Waals surface area contributed by atoms with E-state index in [1.807, 2.05) is 44.2 Å². The molecule has 2 rings (SSSR count). The van der Waals surface area contributed by atoms with Crippen LogP contribution in [0.5, 0.6) is 0 Å². The van der Waals surface area contributed by atoms with Crippen molar-refractivity contribution in [3.63, 3.8) is 0 Å². The molecule has 0 saturated carbocycles. The number of nitrogens with zero attached hydrogens (tertiary/aromatic N) is 1. The lowest BCUT2D eigenvalue weighted by molar-refractivity contribution is -0.175. The van der Waals surface area contributed by atoms with Gasteiger partial charge in [0, 0.05) is 20.0 Å². The van der Waals surface area contributed by atoms with E-state index in [-0.39, 0.29) is 5.97 Å². The fraction of sp³-hybridized carbons (Fsp3) is 0.652. The molecule has 1 unspecified atom stereocenters. The molecule has 0 spiro atoms. The molecule has 7 heteroatoms. The van der Waals surface area contributed by atoms with Gasteiger partial charge < -0.3 is 10.1 Å². The van der Waals surface area contributed by atoms with E-state index >= 15 is 0 Å². The largest absolute Gasteiger partial charge is 0.411 e. The first-order valence-corrected chi connectivity index (χ1v) is 11.2. The van der Waals surface area contributed by atoms with Gasteiger partial charge in [0.15, 0.2) is 5.96 Å². The summed E-state index contributed by atoms with van der Waals surface area (Å²) in [6.07, 6.45) is 8.72. The molecular formula is C23H39N5O2. The van der Waals surface area contributed by atoms with Gasteiger partial charge in [-0.15, -0.1) is 0 Å². The van der Waals surface area contributed by atoms with Crippen LogP contribution in [0.1, 0.15) is 78.2 Å². The highest BCUT2D eigenvalue weighted by Gasteiger charge is 2.44. The van der Waals surface area contributed by atoms with Crippen LogP contribution in [0.25, 0.3) is 0 Å². The highest BCUT2D eigenvalue weighted by Crippen LogP contribution is 2.14. The van der Waals surface area contributed by atoms with Gasteiger partial charge >= 0.3 is 11.9 Å². The third-order valence-electron chi connectivity index (χ3n) is 4.93. The first kappa shape index (κ1) is 24.2. The van der Waals surface area contributed by atoms with Crippen LogP contribution in [0.4, 0.5) is 0 Å². The molecule has 0 bridgehead atoms. The first-order valence-electron chi connectivity index (χ1n) is 11.2. The second kappa shape index (κ2) is 11.9. The van der Waals surface area contributed by atoms with E-state index in [0.29, 0.717) is 12.5 Å². The highest BCUT2D eigenvalue weighted by molar-refractivity contribution is 5.82. The predicted molar refractivity (Wildman–Crippen MR) is 122 cm³/mol. The molecule has 1 aromatic rings. The first-order chi connectivity index (χ1) is 14.3. The lowest BCUT2D eigenvalue weighted by atomic mass is 10.1. The number of guanidine groups is 1. The van der Waals surface area contributed by atoms with Crippen LogP contribution in [-0.2, 0) is 16.1 Å². The van der Waals surface area contributed by atoms with E-state index in [9.17, 15) is 4.79 Å². The second-order valence-corrected chi connectivity index (χ2v) is 8.47. The fourth-order valence-corrected chi connectivity index (χ4v) is 3.55. The van der Waals surface area contributed by atoms with Gasteiger partial charge in [-0.1, -0.05) is 75.8 Å². The molecule has 168 valence electrons. The standard InChI is InChI=1S/C23H39N5O2/c1-5-6-7-8-9-10-14-17-24-21-26-22(3,4)28-23(27-21,30-19(2)29)25-18-20-15-12-11-13-16-20/h11-13,15-16,25,28H,5-10,14,17-18H2,1-4H3,(H2,24,26,27). The summed E-state index contributed by atoms with van der Waals surface area (Å²) < 4.78 is 5.66. The van der Waals surface area contributed by atoms with E-state index in [1.54, 1.807) is 0 Å². The van der Waals surface area contributed by atoms with Crippen LogP contribution < -0.4 is 21.3 Å². The smallest absolute Gasteiger partial charge is 0.308 e. The molecule has 1 aromatic carbocycles. The summed E-state index contributed by atoms with van der Waals surface area (Å²) in [7, 11) is 0. The van der Waals surface area contributed by atoms with Crippen LogP contribution >= 0.6 is 0 Å². The monoisotopic (exact) mass is 417 g/mol. The van der Waals surface area contributed by atoms with E-state index in [0.717, 1.165) is 18.5 Å². The molecule has 1 aliphatic rings. The van der Waals surface area contributed by atoms with Crippen molar-refractivity contribution in [3.05, 3.63) is 35.9 Å². The number of esters is 1. The predicted octanol–water partition coefficient (Wildman–Crippen LogP) is 3.58. The number of ether oxygens (including phenoxy) is 1. The van der Waals surface area contributed by atoms with Crippen molar-refractivity contribution in [1.82, 2.24) is 21.3 Å². The van der Waals surface area contributed by atoms with Crippen LogP contribution in [0.15, 0.2) is 35.3 Å². The fourth-order valence-electron chi connectivity index (χ4n) is 3.55. The van der Waals surface area contributed by atoms with Gasteiger partial charge in [0.2, 0.25) is 0 Å². The SMILES string of the molecule is CCCCCCCCCN=C1NC(C)(C)NC(NCc2ccccc2)(OC(C)=O)N1. The number of aliphatic imine (C=N–C) groups is 1. The topological polar surface area (TPSA) is 86.8 Å². The summed E-state index contributed by atoms with van der Waals surface area (Å²) >= 11 is 0. The third kappa shape index (κ3) is 8.71. The van der Waals surface area contributed by atoms with Crippen LogP contribution in [-0.4, -0.2) is 30.1 Å². The summed E-state index contributed by atoms with van der Waals surface area (Å²) in [4.78, 5) is 16.5. The number of unbranched alkanes of at least 4 members (excludes halogenated alkanes) is 6. The Kier molecular flexibility index (Phi) is 9.59. The van der Waals surface area contributed by atoms with Crippen molar-refractivity contribution in [3.8, 4) is 0 Å². The summed E-state index contributed by atoms with van der Waals surface area (Å²) in [6, 6.07) is 9.99. The molecule has 0 radical (unpaired) electrons. The molecule has 0 amide bonds. The van der Waals surface area contributed by atoms with Gasteiger partial charge in [0.1, 0.15) is 0 Å². The molecule has 1 aliphatic heterocycles. The summed E-state index contributed by atoms with van der Waals surface area (Å²) in [5.41, 5.74) is 0.564. The summed E-state index contributed by atoms with van der Waals surface area (Å²) in [6.45, 7) is 8.86. The molecule has 0 aromatic heterocycles. The Labute approximate surface area is 181 Å². The Morgan fingerprint density at radius 2 is 1.70 bits per heavy atom. The van der Waals surface area contributed by atoms with Crippen molar-refractivity contribution in [2.45, 2.75) is 90.8 Å². The number of carbonyl (C=O) groups is 1. The zero-order valence-corrected chi connectivity index (χ0v) is 19.0. The Morgan fingerprint density at radius 1 is 1.03 bits per heavy atom. The number of benzene rings is 1. The minimum Gasteiger partial charge on any atom is -0.411 e. The number of hydrogen-bond acceptors (Lipinski definition) is 5. The Bertz CT molecular complexity index is 677. The number of carbonyl (C=O) groups excluding carboxylic acids is 1. The number of hydrogen-bond donors (Lipinski definition) is 4. The molecule has 30 heavy (non-hydrogen) atoms. The maximum absolute atomic E-state index is 11.9. The minimum atomic E-state index is -1.24. The zero-order chi connectivity index (χ0) is 21.9. The third-order valence-corrected chi connectivity index (χ3v) is 4.93. The Balaban J connectivity index is 1.97. The van der Waals surface area contributed by atoms with E-state index in [2.05, 4.69) is 28.2 Å². The average Bonchev–Trinajstić information content (AvgIpc) is 2.67. The van der Waals surface area contributed by atoms with E-state index in [4.69, 9.17) is 9.73 Å². The molecule has 0 aliphatic carbocycles. The Hall–Kier alpha value is -2.12. The van der Waals surface area contributed by atoms with Crippen molar-refractivity contribution < 1.29 is 9.53 Å². The maximum Gasteiger partial charge on any atom is 0.308 e. The highest BCUT2D eigenvalue weighted by atomic mass is 16.6. The van der Waals surface area contributed by atoms with Gasteiger partial charge in [-0.05, 0) is 25.8 Å². The molecule has 1 heterocycles. The number of nitrogens with one attached hydrogen (secondary N) is 4. The summed E-state index contributed by atoms with van der Waals surface area (Å²) in [5, 5.41) is 13.2. The van der Waals surface area contributed by atoms with E-state index < -0.39 is 11.6 Å².